The molecule has 0 saturated heterocycles. The van der Waals surface area contributed by atoms with Crippen molar-refractivity contribution in [3.8, 4) is 0 Å². The van der Waals surface area contributed by atoms with E-state index in [0.717, 1.165) is 0 Å². The molecule has 102 valence electrons. The number of hydrogen-bond acceptors (Lipinski definition) is 2. The minimum atomic E-state index is 1.36. The number of hydrogen-bond donors (Lipinski definition) is 0. The van der Waals surface area contributed by atoms with Crippen LogP contribution in [-0.2, 0) is 0 Å². The van der Waals surface area contributed by atoms with E-state index in [9.17, 15) is 0 Å². The zero-order valence-electron chi connectivity index (χ0n) is 13.1. The highest BCUT2D eigenvalue weighted by Crippen LogP contribution is 2.03. The average Bonchev–Trinajstić information content (AvgIpc) is 2.11. The van der Waals surface area contributed by atoms with Gasteiger partial charge in [-0.25, -0.2) is 0 Å². The Balaban J connectivity index is -0.000000179. The lowest BCUT2D eigenvalue weighted by Crippen LogP contribution is -1.99. The monoisotopic (exact) mass is 232 g/mol. The summed E-state index contributed by atoms with van der Waals surface area (Å²) < 4.78 is 0. The van der Waals surface area contributed by atoms with E-state index in [4.69, 9.17) is 0 Å². The second-order valence-corrected chi connectivity index (χ2v) is 5.10. The molecule has 0 heterocycles. The molecule has 0 rings (SSSR count). The van der Waals surface area contributed by atoms with Crippen molar-refractivity contribution in [3.63, 3.8) is 0 Å². The van der Waals surface area contributed by atoms with E-state index in [1.165, 1.54) is 38.5 Å². The van der Waals surface area contributed by atoms with Crippen LogP contribution < -0.4 is 0 Å². The third-order valence-corrected chi connectivity index (χ3v) is 1.46. The van der Waals surface area contributed by atoms with E-state index in [0.29, 0.717) is 0 Å². The highest BCUT2D eigenvalue weighted by Gasteiger charge is 1.83. The molecule has 0 aromatic heterocycles. The van der Waals surface area contributed by atoms with Crippen LogP contribution in [0.2, 0.25) is 0 Å². The Kier molecular flexibility index (Phi) is 27.0. The van der Waals surface area contributed by atoms with Crippen molar-refractivity contribution in [1.82, 2.24) is 9.80 Å². The molecule has 0 saturated carbocycles. The topological polar surface area (TPSA) is 6.48 Å². The van der Waals surface area contributed by atoms with Crippen molar-refractivity contribution in [2.24, 2.45) is 0 Å². The van der Waals surface area contributed by atoms with Crippen molar-refractivity contribution < 1.29 is 0 Å². The van der Waals surface area contributed by atoms with Crippen molar-refractivity contribution in [1.29, 1.82) is 0 Å². The SMILES string of the molecule is CCCCCCCC.CN(C)C.CN(C)C. The largest absolute Gasteiger partial charge is 0.312 e. The Morgan fingerprint density at radius 2 is 0.688 bits per heavy atom. The van der Waals surface area contributed by atoms with Crippen molar-refractivity contribution in [2.45, 2.75) is 52.4 Å². The summed E-state index contributed by atoms with van der Waals surface area (Å²) in [5, 5.41) is 0. The Morgan fingerprint density at radius 1 is 0.500 bits per heavy atom. The van der Waals surface area contributed by atoms with Gasteiger partial charge in [0.25, 0.3) is 0 Å². The van der Waals surface area contributed by atoms with E-state index in [1.54, 1.807) is 0 Å². The number of unbranched alkanes of at least 4 members (excludes halogenated alkanes) is 5. The van der Waals surface area contributed by atoms with Crippen LogP contribution in [0.5, 0.6) is 0 Å². The zero-order valence-corrected chi connectivity index (χ0v) is 13.1. The van der Waals surface area contributed by atoms with Gasteiger partial charge in [0, 0.05) is 0 Å². The Hall–Kier alpha value is -0.0800. The molecule has 0 aromatic rings. The molecule has 0 aliphatic rings. The second-order valence-electron chi connectivity index (χ2n) is 5.10. The fraction of sp³-hybridized carbons (Fsp3) is 1.00. The van der Waals surface area contributed by atoms with Crippen LogP contribution in [-0.4, -0.2) is 52.1 Å². The van der Waals surface area contributed by atoms with Gasteiger partial charge in [0.15, 0.2) is 0 Å². The Morgan fingerprint density at radius 3 is 0.812 bits per heavy atom. The molecule has 16 heavy (non-hydrogen) atoms. The van der Waals surface area contributed by atoms with E-state index >= 15 is 0 Å². The van der Waals surface area contributed by atoms with Gasteiger partial charge in [0.2, 0.25) is 0 Å². The van der Waals surface area contributed by atoms with E-state index in [1.807, 2.05) is 52.1 Å². The maximum atomic E-state index is 2.26. The summed E-state index contributed by atoms with van der Waals surface area (Å²) in [5.41, 5.74) is 0. The molecule has 0 atom stereocenters. The van der Waals surface area contributed by atoms with Crippen LogP contribution in [0.25, 0.3) is 0 Å². The molecule has 0 aromatic carbocycles. The molecule has 0 aliphatic carbocycles. The summed E-state index contributed by atoms with van der Waals surface area (Å²) in [6, 6.07) is 0. The minimum Gasteiger partial charge on any atom is -0.312 e. The lowest BCUT2D eigenvalue weighted by Gasteiger charge is -1.93. The lowest BCUT2D eigenvalue weighted by atomic mass is 10.1. The standard InChI is InChI=1S/C8H18.2C3H9N/c1-3-5-7-8-6-4-2;2*1-4(2)3/h3-8H2,1-2H3;2*1-3H3. The van der Waals surface area contributed by atoms with E-state index in [-0.39, 0.29) is 0 Å². The lowest BCUT2D eigenvalue weighted by molar-refractivity contribution is 0.505. The molecule has 0 amide bonds. The molecule has 0 spiro atoms. The fourth-order valence-electron chi connectivity index (χ4n) is 0.854. The maximum absolute atomic E-state index is 2.26. The van der Waals surface area contributed by atoms with Gasteiger partial charge in [-0.3, -0.25) is 0 Å². The number of nitrogens with zero attached hydrogens (tertiary/aromatic N) is 2. The van der Waals surface area contributed by atoms with Gasteiger partial charge in [0.05, 0.1) is 0 Å². The second kappa shape index (κ2) is 20.3. The molecule has 2 nitrogen and oxygen atoms in total. The smallest absolute Gasteiger partial charge is 0.0140 e. The van der Waals surface area contributed by atoms with Crippen LogP contribution in [0.4, 0.5) is 0 Å². The van der Waals surface area contributed by atoms with Gasteiger partial charge in [-0.1, -0.05) is 52.4 Å². The highest BCUT2D eigenvalue weighted by atomic mass is 15.0. The first-order valence-corrected chi connectivity index (χ1v) is 6.60. The summed E-state index contributed by atoms with van der Waals surface area (Å²) >= 11 is 0. The molecular formula is C14H36N2. The predicted octanol–water partition coefficient (Wildman–Crippen LogP) is 3.72. The molecule has 0 radical (unpaired) electrons. The molecular weight excluding hydrogens is 196 g/mol. The summed E-state index contributed by atoms with van der Waals surface area (Å²) in [6.45, 7) is 4.51. The van der Waals surface area contributed by atoms with Crippen LogP contribution >= 0.6 is 0 Å². The first-order chi connectivity index (χ1) is 7.38. The van der Waals surface area contributed by atoms with E-state index < -0.39 is 0 Å². The van der Waals surface area contributed by atoms with Gasteiger partial charge in [0.1, 0.15) is 0 Å². The van der Waals surface area contributed by atoms with Crippen molar-refractivity contribution in [3.05, 3.63) is 0 Å². The van der Waals surface area contributed by atoms with Crippen LogP contribution in [0.1, 0.15) is 52.4 Å². The summed E-state index contributed by atoms with van der Waals surface area (Å²) in [5.74, 6) is 0. The third-order valence-electron chi connectivity index (χ3n) is 1.46. The molecule has 0 fully saturated rings. The van der Waals surface area contributed by atoms with Crippen molar-refractivity contribution >= 4 is 0 Å². The van der Waals surface area contributed by atoms with Crippen LogP contribution in [0.15, 0.2) is 0 Å². The van der Waals surface area contributed by atoms with Gasteiger partial charge in [-0.15, -0.1) is 0 Å². The van der Waals surface area contributed by atoms with E-state index in [2.05, 4.69) is 13.8 Å². The Bertz CT molecular complexity index is 73.2. The normalized spacial score (nSPS) is 9.38. The fourth-order valence-corrected chi connectivity index (χ4v) is 0.854. The van der Waals surface area contributed by atoms with Crippen molar-refractivity contribution in [2.75, 3.05) is 42.3 Å². The van der Waals surface area contributed by atoms with Crippen LogP contribution in [0, 0.1) is 0 Å². The predicted molar refractivity (Wildman–Crippen MR) is 78.3 cm³/mol. The van der Waals surface area contributed by atoms with Gasteiger partial charge in [-0.2, -0.15) is 0 Å². The van der Waals surface area contributed by atoms with Gasteiger partial charge >= 0.3 is 0 Å². The molecule has 0 aliphatic heterocycles. The zero-order chi connectivity index (χ0) is 13.4. The quantitative estimate of drug-likeness (QED) is 0.667. The first-order valence-electron chi connectivity index (χ1n) is 6.60. The molecule has 0 bridgehead atoms. The highest BCUT2D eigenvalue weighted by molar-refractivity contribution is 4.39. The number of rotatable bonds is 5. The average molecular weight is 232 g/mol. The molecule has 0 N–H and O–H groups in total. The van der Waals surface area contributed by atoms with Gasteiger partial charge < -0.3 is 9.80 Å². The summed E-state index contributed by atoms with van der Waals surface area (Å²) in [6.07, 6.45) is 8.49. The third kappa shape index (κ3) is 96.0. The molecule has 2 heteroatoms. The van der Waals surface area contributed by atoms with Gasteiger partial charge in [-0.05, 0) is 42.3 Å². The summed E-state index contributed by atoms with van der Waals surface area (Å²) in [4.78, 5) is 4.00. The maximum Gasteiger partial charge on any atom is -0.0140 e. The first kappa shape index (κ1) is 21.2. The summed E-state index contributed by atoms with van der Waals surface area (Å²) in [7, 11) is 12.0. The van der Waals surface area contributed by atoms with Crippen LogP contribution in [0.3, 0.4) is 0 Å². The Labute approximate surface area is 105 Å². The minimum absolute atomic E-state index is 1.36. The molecule has 0 unspecified atom stereocenters.